The Balaban J connectivity index is 1.55. The molecular formula is C27H20N4O2S. The van der Waals surface area contributed by atoms with Gasteiger partial charge < -0.3 is 9.47 Å². The Morgan fingerprint density at radius 1 is 0.971 bits per heavy atom. The molecule has 0 spiro atoms. The minimum Gasteiger partial charge on any atom is -0.454 e. The van der Waals surface area contributed by atoms with Gasteiger partial charge in [0.1, 0.15) is 0 Å². The smallest absolute Gasteiger partial charge is 0.231 e. The molecule has 3 heterocycles. The summed E-state index contributed by atoms with van der Waals surface area (Å²) in [5.74, 6) is 1.49. The summed E-state index contributed by atoms with van der Waals surface area (Å²) in [6.07, 6.45) is 3.49. The van der Waals surface area contributed by atoms with E-state index < -0.39 is 0 Å². The van der Waals surface area contributed by atoms with Gasteiger partial charge in [0.2, 0.25) is 11.6 Å². The van der Waals surface area contributed by atoms with Crippen molar-refractivity contribution in [2.45, 2.75) is 6.92 Å². The first-order valence-electron chi connectivity index (χ1n) is 10.9. The Morgan fingerprint density at radius 2 is 1.85 bits per heavy atom. The average Bonchev–Trinajstić information content (AvgIpc) is 3.51. The van der Waals surface area contributed by atoms with Crippen LogP contribution in [0, 0.1) is 0 Å². The molecule has 166 valence electrons. The Kier molecular flexibility index (Phi) is 5.16. The highest BCUT2D eigenvalue weighted by Crippen LogP contribution is 2.33. The van der Waals surface area contributed by atoms with Crippen molar-refractivity contribution in [1.82, 2.24) is 9.66 Å². The topological polar surface area (TPSA) is 61.0 Å². The first-order chi connectivity index (χ1) is 16.8. The van der Waals surface area contributed by atoms with Crippen LogP contribution in [-0.2, 0) is 0 Å². The minimum atomic E-state index is 0.244. The summed E-state index contributed by atoms with van der Waals surface area (Å²) < 4.78 is 12.9. The third-order valence-corrected chi connectivity index (χ3v) is 6.48. The molecule has 0 N–H and O–H groups in total. The fourth-order valence-corrected chi connectivity index (χ4v) is 4.81. The van der Waals surface area contributed by atoms with Gasteiger partial charge in [0.05, 0.1) is 23.3 Å². The maximum Gasteiger partial charge on any atom is 0.231 e. The molecule has 1 aliphatic rings. The van der Waals surface area contributed by atoms with Crippen molar-refractivity contribution in [1.29, 1.82) is 0 Å². The van der Waals surface area contributed by atoms with E-state index in [1.165, 1.54) is 10.8 Å². The molecule has 0 fully saturated rings. The third kappa shape index (κ3) is 3.76. The van der Waals surface area contributed by atoms with Gasteiger partial charge in [0.15, 0.2) is 11.5 Å². The van der Waals surface area contributed by atoms with E-state index in [0.29, 0.717) is 0 Å². The summed E-state index contributed by atoms with van der Waals surface area (Å²) in [6, 6.07) is 24.4. The summed E-state index contributed by atoms with van der Waals surface area (Å²) in [4.78, 5) is 9.80. The fourth-order valence-electron chi connectivity index (χ4n) is 3.97. The maximum atomic E-state index is 5.56. The summed E-state index contributed by atoms with van der Waals surface area (Å²) in [5.41, 5.74) is 4.65. The van der Waals surface area contributed by atoms with Gasteiger partial charge in [-0.15, -0.1) is 11.3 Å². The molecule has 0 atom stereocenters. The van der Waals surface area contributed by atoms with Gasteiger partial charge >= 0.3 is 0 Å². The number of hydrogen-bond acceptors (Lipinski definition) is 6. The summed E-state index contributed by atoms with van der Waals surface area (Å²) in [6.45, 7) is 2.23. The van der Waals surface area contributed by atoms with Crippen LogP contribution in [0.3, 0.4) is 0 Å². The minimum absolute atomic E-state index is 0.244. The molecule has 0 amide bonds. The lowest BCUT2D eigenvalue weighted by molar-refractivity contribution is 0.174. The monoisotopic (exact) mass is 464 g/mol. The summed E-state index contributed by atoms with van der Waals surface area (Å²) in [5, 5.41) is 9.48. The van der Waals surface area contributed by atoms with E-state index in [2.05, 4.69) is 52.8 Å². The zero-order valence-corrected chi connectivity index (χ0v) is 19.2. The van der Waals surface area contributed by atoms with Crippen LogP contribution in [0.1, 0.15) is 12.5 Å². The summed E-state index contributed by atoms with van der Waals surface area (Å²) in [7, 11) is 0. The lowest BCUT2D eigenvalue weighted by atomic mass is 10.0. The first kappa shape index (κ1) is 20.4. The number of hydrogen-bond donors (Lipinski definition) is 0. The molecule has 34 heavy (non-hydrogen) atoms. The largest absolute Gasteiger partial charge is 0.454 e. The van der Waals surface area contributed by atoms with Crippen molar-refractivity contribution in [3.8, 4) is 22.8 Å². The number of fused-ring (bicyclic) bond motifs is 2. The second-order valence-electron chi connectivity index (χ2n) is 7.82. The van der Waals surface area contributed by atoms with E-state index in [1.54, 1.807) is 23.7 Å². The van der Waals surface area contributed by atoms with Crippen molar-refractivity contribution < 1.29 is 9.47 Å². The fraction of sp³-hybridized carbons (Fsp3) is 0.0741. The molecule has 3 aromatic carbocycles. The Morgan fingerprint density at radius 3 is 2.76 bits per heavy atom. The molecule has 6 rings (SSSR count). The zero-order chi connectivity index (χ0) is 22.9. The van der Waals surface area contributed by atoms with Crippen molar-refractivity contribution >= 4 is 33.5 Å². The Hall–Kier alpha value is -4.23. The van der Waals surface area contributed by atoms with Crippen LogP contribution in [0.5, 0.6) is 11.5 Å². The van der Waals surface area contributed by atoms with Crippen LogP contribution in [0.15, 0.2) is 101 Å². The van der Waals surface area contributed by atoms with Crippen molar-refractivity contribution in [2.24, 2.45) is 10.1 Å². The standard InChI is InChI=1S/C27H20N4O2S/c1-18(20-11-12-25-26(14-20)33-17-32-25)30-31-24(16-34-27(31)29-21-8-5-13-28-15-21)23-10-4-7-19-6-2-3-9-22(19)23/h2-16H,17H2,1H3. The molecule has 0 aliphatic carbocycles. The molecule has 1 aliphatic heterocycles. The molecule has 0 saturated carbocycles. The van der Waals surface area contributed by atoms with Crippen LogP contribution in [0.25, 0.3) is 22.0 Å². The molecule has 0 unspecified atom stereocenters. The van der Waals surface area contributed by atoms with E-state index in [4.69, 9.17) is 19.6 Å². The van der Waals surface area contributed by atoms with E-state index in [0.717, 1.165) is 44.5 Å². The third-order valence-electron chi connectivity index (χ3n) is 5.66. The SMILES string of the molecule is CC(=Nn1c(-c2cccc3ccccc23)csc1=Nc1cccnc1)c1ccc2c(c1)OCO2. The first-order valence-corrected chi connectivity index (χ1v) is 11.7. The quantitative estimate of drug-likeness (QED) is 0.307. The lowest BCUT2D eigenvalue weighted by Gasteiger charge is -2.09. The van der Waals surface area contributed by atoms with Crippen LogP contribution in [0.4, 0.5) is 5.69 Å². The second-order valence-corrected chi connectivity index (χ2v) is 8.66. The average molecular weight is 465 g/mol. The Bertz CT molecular complexity index is 1600. The van der Waals surface area contributed by atoms with Crippen LogP contribution < -0.4 is 14.3 Å². The summed E-state index contributed by atoms with van der Waals surface area (Å²) >= 11 is 1.55. The number of nitrogens with zero attached hydrogens (tertiary/aromatic N) is 4. The highest BCUT2D eigenvalue weighted by atomic mass is 32.1. The number of pyridine rings is 1. The van der Waals surface area contributed by atoms with Gasteiger partial charge in [-0.1, -0.05) is 42.5 Å². The highest BCUT2D eigenvalue weighted by molar-refractivity contribution is 7.07. The van der Waals surface area contributed by atoms with Gasteiger partial charge in [0.25, 0.3) is 0 Å². The van der Waals surface area contributed by atoms with E-state index in [9.17, 15) is 0 Å². The van der Waals surface area contributed by atoms with Gasteiger partial charge in [-0.2, -0.15) is 5.10 Å². The van der Waals surface area contributed by atoms with Crippen molar-refractivity contribution in [3.05, 3.63) is 101 Å². The number of ether oxygens (including phenoxy) is 2. The van der Waals surface area contributed by atoms with Crippen LogP contribution >= 0.6 is 11.3 Å². The highest BCUT2D eigenvalue weighted by Gasteiger charge is 2.15. The van der Waals surface area contributed by atoms with E-state index in [1.807, 2.05) is 41.9 Å². The molecule has 0 radical (unpaired) electrons. The molecule has 6 nitrogen and oxygen atoms in total. The second kappa shape index (κ2) is 8.61. The van der Waals surface area contributed by atoms with Crippen LogP contribution in [-0.4, -0.2) is 22.2 Å². The number of benzene rings is 3. The molecule has 0 bridgehead atoms. The maximum absolute atomic E-state index is 5.56. The van der Waals surface area contributed by atoms with Crippen molar-refractivity contribution in [3.63, 3.8) is 0 Å². The predicted octanol–water partition coefficient (Wildman–Crippen LogP) is 6.00. The molecule has 7 heteroatoms. The number of aromatic nitrogens is 2. The van der Waals surface area contributed by atoms with Gasteiger partial charge in [-0.25, -0.2) is 9.67 Å². The molecule has 5 aromatic rings. The molecule has 2 aromatic heterocycles. The number of rotatable bonds is 4. The Labute approximate surface area is 200 Å². The lowest BCUT2D eigenvalue weighted by Crippen LogP contribution is -2.14. The normalized spacial score (nSPS) is 13.6. The van der Waals surface area contributed by atoms with Gasteiger partial charge in [-0.3, -0.25) is 4.98 Å². The van der Waals surface area contributed by atoms with Gasteiger partial charge in [0, 0.05) is 22.7 Å². The molecule has 0 saturated heterocycles. The molecular weight excluding hydrogens is 444 g/mol. The van der Waals surface area contributed by atoms with Gasteiger partial charge in [-0.05, 0) is 48.0 Å². The van der Waals surface area contributed by atoms with Crippen molar-refractivity contribution in [2.75, 3.05) is 6.79 Å². The zero-order valence-electron chi connectivity index (χ0n) is 18.4. The van der Waals surface area contributed by atoms with E-state index >= 15 is 0 Å². The van der Waals surface area contributed by atoms with E-state index in [-0.39, 0.29) is 6.79 Å². The van der Waals surface area contributed by atoms with Crippen LogP contribution in [0.2, 0.25) is 0 Å². The predicted molar refractivity (Wildman–Crippen MR) is 135 cm³/mol. The number of thiazole rings is 1.